The van der Waals surface area contributed by atoms with E-state index in [-0.39, 0.29) is 12.1 Å². The van der Waals surface area contributed by atoms with Gasteiger partial charge in [-0.05, 0) is 67.4 Å². The third-order valence-electron chi connectivity index (χ3n) is 6.06. The minimum Gasteiger partial charge on any atom is -0.391 e. The largest absolute Gasteiger partial charge is 0.391 e. The predicted octanol–water partition coefficient (Wildman–Crippen LogP) is 5.76. The standard InChI is InChI=1S/C22H27NO.2C2H6/c1-16-6-5-9-19-14-22(24)21(15-20(16)19)23-12-10-18(11-13-23)17-7-3-2-4-8-17;2*1-2/h2-9,18,21-22,24H,10-15H2,1H3;2*1-2H3. The van der Waals surface area contributed by atoms with Crippen LogP contribution in [0, 0.1) is 6.92 Å². The number of hydrogen-bond donors (Lipinski definition) is 1. The Morgan fingerprint density at radius 1 is 0.821 bits per heavy atom. The molecule has 1 N–H and O–H groups in total. The van der Waals surface area contributed by atoms with Crippen LogP contribution in [0.4, 0.5) is 0 Å². The van der Waals surface area contributed by atoms with Gasteiger partial charge in [0.25, 0.3) is 0 Å². The van der Waals surface area contributed by atoms with Crippen molar-refractivity contribution in [3.8, 4) is 0 Å². The van der Waals surface area contributed by atoms with Crippen molar-refractivity contribution in [3.05, 3.63) is 70.8 Å². The zero-order valence-corrected chi connectivity index (χ0v) is 18.5. The van der Waals surface area contributed by atoms with Crippen LogP contribution in [-0.4, -0.2) is 35.2 Å². The second kappa shape index (κ2) is 11.4. The van der Waals surface area contributed by atoms with E-state index in [1.807, 2.05) is 27.7 Å². The molecular formula is C26H39NO. The number of aliphatic hydroxyl groups excluding tert-OH is 1. The minimum absolute atomic E-state index is 0.229. The molecule has 0 radical (unpaired) electrons. The van der Waals surface area contributed by atoms with Gasteiger partial charge in [-0.15, -0.1) is 0 Å². The van der Waals surface area contributed by atoms with Crippen molar-refractivity contribution in [1.82, 2.24) is 4.90 Å². The van der Waals surface area contributed by atoms with Crippen molar-refractivity contribution in [3.63, 3.8) is 0 Å². The van der Waals surface area contributed by atoms with E-state index < -0.39 is 0 Å². The molecule has 2 aromatic carbocycles. The molecule has 1 heterocycles. The number of piperidine rings is 1. The summed E-state index contributed by atoms with van der Waals surface area (Å²) in [7, 11) is 0. The summed E-state index contributed by atoms with van der Waals surface area (Å²) in [5, 5.41) is 10.7. The number of aliphatic hydroxyl groups is 1. The highest BCUT2D eigenvalue weighted by atomic mass is 16.3. The second-order valence-electron chi connectivity index (χ2n) is 7.48. The number of likely N-dealkylation sites (tertiary alicyclic amines) is 1. The van der Waals surface area contributed by atoms with Crippen molar-refractivity contribution in [2.75, 3.05) is 13.1 Å². The van der Waals surface area contributed by atoms with Gasteiger partial charge in [-0.25, -0.2) is 0 Å². The summed E-state index contributed by atoms with van der Waals surface area (Å²) in [5.41, 5.74) is 5.67. The van der Waals surface area contributed by atoms with E-state index in [0.29, 0.717) is 5.92 Å². The van der Waals surface area contributed by atoms with Crippen LogP contribution in [0.25, 0.3) is 0 Å². The summed E-state index contributed by atoms with van der Waals surface area (Å²) in [6.45, 7) is 12.4. The van der Waals surface area contributed by atoms with Crippen molar-refractivity contribution >= 4 is 0 Å². The van der Waals surface area contributed by atoms with Gasteiger partial charge in [-0.1, -0.05) is 76.2 Å². The quantitative estimate of drug-likeness (QED) is 0.715. The Morgan fingerprint density at radius 3 is 2.11 bits per heavy atom. The van der Waals surface area contributed by atoms with Gasteiger partial charge in [0.1, 0.15) is 0 Å². The fourth-order valence-corrected chi connectivity index (χ4v) is 4.61. The molecule has 1 saturated heterocycles. The van der Waals surface area contributed by atoms with Crippen LogP contribution in [0.1, 0.15) is 68.7 Å². The molecule has 0 bridgehead atoms. The second-order valence-corrected chi connectivity index (χ2v) is 7.48. The van der Waals surface area contributed by atoms with Crippen LogP contribution in [0.2, 0.25) is 0 Å². The molecule has 0 amide bonds. The lowest BCUT2D eigenvalue weighted by Gasteiger charge is -2.42. The number of hydrogen-bond acceptors (Lipinski definition) is 2. The maximum absolute atomic E-state index is 10.7. The molecule has 1 aliphatic heterocycles. The molecular weight excluding hydrogens is 342 g/mol. The van der Waals surface area contributed by atoms with Crippen LogP contribution in [0.3, 0.4) is 0 Å². The topological polar surface area (TPSA) is 23.5 Å². The number of rotatable bonds is 2. The molecule has 1 fully saturated rings. The van der Waals surface area contributed by atoms with Gasteiger partial charge < -0.3 is 5.11 Å². The number of benzene rings is 2. The first kappa shape index (κ1) is 22.6. The first-order valence-corrected chi connectivity index (χ1v) is 11.3. The maximum atomic E-state index is 10.7. The normalized spacial score (nSPS) is 22.2. The Bertz CT molecular complexity index is 689. The summed E-state index contributed by atoms with van der Waals surface area (Å²) in [6, 6.07) is 17.7. The SMILES string of the molecule is CC.CC.Cc1cccc2c1CC(N1CCC(c3ccccc3)CC1)C(O)C2. The predicted molar refractivity (Wildman–Crippen MR) is 121 cm³/mol. The number of nitrogens with zero attached hydrogens (tertiary/aromatic N) is 1. The fraction of sp³-hybridized carbons (Fsp3) is 0.538. The van der Waals surface area contributed by atoms with Crippen LogP contribution >= 0.6 is 0 Å². The van der Waals surface area contributed by atoms with Gasteiger partial charge in [0.15, 0.2) is 0 Å². The van der Waals surface area contributed by atoms with Crippen LogP contribution in [0.5, 0.6) is 0 Å². The lowest BCUT2D eigenvalue weighted by atomic mass is 9.81. The van der Waals surface area contributed by atoms with E-state index in [4.69, 9.17) is 0 Å². The highest BCUT2D eigenvalue weighted by Gasteiger charge is 2.34. The van der Waals surface area contributed by atoms with Crippen molar-refractivity contribution < 1.29 is 5.11 Å². The average Bonchev–Trinajstić information content (AvgIpc) is 2.77. The van der Waals surface area contributed by atoms with E-state index in [1.54, 1.807) is 0 Å². The summed E-state index contributed by atoms with van der Waals surface area (Å²) < 4.78 is 0. The van der Waals surface area contributed by atoms with E-state index in [9.17, 15) is 5.11 Å². The maximum Gasteiger partial charge on any atom is 0.0738 e. The van der Waals surface area contributed by atoms with Crippen LogP contribution in [-0.2, 0) is 12.8 Å². The Hall–Kier alpha value is -1.64. The third kappa shape index (κ3) is 5.24. The number of aryl methyl sites for hydroxylation is 1. The minimum atomic E-state index is -0.229. The highest BCUT2D eigenvalue weighted by molar-refractivity contribution is 5.38. The lowest BCUT2D eigenvalue weighted by molar-refractivity contribution is 0.0293. The lowest BCUT2D eigenvalue weighted by Crippen LogP contribution is -2.51. The summed E-state index contributed by atoms with van der Waals surface area (Å²) in [4.78, 5) is 2.54. The Kier molecular flexibility index (Phi) is 9.21. The van der Waals surface area contributed by atoms with E-state index in [2.05, 4.69) is 60.4 Å². The van der Waals surface area contributed by atoms with Gasteiger partial charge in [0.05, 0.1) is 6.10 Å². The summed E-state index contributed by atoms with van der Waals surface area (Å²) in [6.07, 6.45) is 3.98. The molecule has 0 aromatic heterocycles. The Balaban J connectivity index is 0.000000660. The number of fused-ring (bicyclic) bond motifs is 1. The van der Waals surface area contributed by atoms with Gasteiger partial charge in [-0.3, -0.25) is 4.90 Å². The Labute approximate surface area is 172 Å². The summed E-state index contributed by atoms with van der Waals surface area (Å²) in [5.74, 6) is 0.678. The molecule has 154 valence electrons. The van der Waals surface area contributed by atoms with Gasteiger partial charge >= 0.3 is 0 Å². The zero-order valence-electron chi connectivity index (χ0n) is 18.5. The van der Waals surface area contributed by atoms with E-state index >= 15 is 0 Å². The fourth-order valence-electron chi connectivity index (χ4n) is 4.61. The average molecular weight is 382 g/mol. The first-order valence-electron chi connectivity index (χ1n) is 11.3. The molecule has 2 aliphatic rings. The molecule has 1 aliphatic carbocycles. The monoisotopic (exact) mass is 381 g/mol. The molecule has 2 aromatic rings. The molecule has 2 nitrogen and oxygen atoms in total. The van der Waals surface area contributed by atoms with Crippen LogP contribution < -0.4 is 0 Å². The molecule has 2 unspecified atom stereocenters. The molecule has 4 rings (SSSR count). The zero-order chi connectivity index (χ0) is 20.5. The molecule has 28 heavy (non-hydrogen) atoms. The van der Waals surface area contributed by atoms with E-state index in [1.165, 1.54) is 35.1 Å². The third-order valence-corrected chi connectivity index (χ3v) is 6.06. The van der Waals surface area contributed by atoms with Crippen molar-refractivity contribution in [2.45, 2.75) is 78.4 Å². The van der Waals surface area contributed by atoms with Crippen molar-refractivity contribution in [1.29, 1.82) is 0 Å². The first-order chi connectivity index (χ1) is 13.7. The van der Waals surface area contributed by atoms with Crippen LogP contribution in [0.15, 0.2) is 48.5 Å². The molecule has 2 heteroatoms. The van der Waals surface area contributed by atoms with Gasteiger partial charge in [0, 0.05) is 12.5 Å². The highest BCUT2D eigenvalue weighted by Crippen LogP contribution is 2.33. The van der Waals surface area contributed by atoms with Gasteiger partial charge in [0.2, 0.25) is 0 Å². The smallest absolute Gasteiger partial charge is 0.0738 e. The molecule has 0 saturated carbocycles. The summed E-state index contributed by atoms with van der Waals surface area (Å²) >= 11 is 0. The molecule has 2 atom stereocenters. The van der Waals surface area contributed by atoms with E-state index in [0.717, 1.165) is 25.9 Å². The Morgan fingerprint density at radius 2 is 1.46 bits per heavy atom. The van der Waals surface area contributed by atoms with Crippen molar-refractivity contribution in [2.24, 2.45) is 0 Å². The molecule has 0 spiro atoms. The van der Waals surface area contributed by atoms with Gasteiger partial charge in [-0.2, -0.15) is 0 Å².